The maximum atomic E-state index is 13.1. The van der Waals surface area contributed by atoms with Gasteiger partial charge in [0.1, 0.15) is 11.5 Å². The fourth-order valence-electron chi connectivity index (χ4n) is 4.59. The van der Waals surface area contributed by atoms with E-state index in [1.807, 2.05) is 19.1 Å². The molecule has 8 heteroatoms. The zero-order valence-electron chi connectivity index (χ0n) is 18.5. The Kier molecular flexibility index (Phi) is 7.08. The van der Waals surface area contributed by atoms with Gasteiger partial charge in [-0.2, -0.15) is 0 Å². The number of methoxy groups -OCH3 is 1. The summed E-state index contributed by atoms with van der Waals surface area (Å²) in [6, 6.07) is 11.9. The van der Waals surface area contributed by atoms with Gasteiger partial charge in [-0.1, -0.05) is 23.7 Å². The summed E-state index contributed by atoms with van der Waals surface area (Å²) in [7, 11) is 1.67. The van der Waals surface area contributed by atoms with E-state index in [-0.39, 0.29) is 24.0 Å². The highest BCUT2D eigenvalue weighted by molar-refractivity contribution is 6.33. The summed E-state index contributed by atoms with van der Waals surface area (Å²) in [6.45, 7) is 4.48. The second kappa shape index (κ2) is 9.98. The number of ether oxygens (including phenoxy) is 3. The molecule has 32 heavy (non-hydrogen) atoms. The van der Waals surface area contributed by atoms with Crippen molar-refractivity contribution in [2.45, 2.75) is 44.4 Å². The molecule has 0 spiro atoms. The van der Waals surface area contributed by atoms with Crippen LogP contribution in [0.2, 0.25) is 5.02 Å². The van der Waals surface area contributed by atoms with Crippen molar-refractivity contribution in [3.8, 4) is 11.5 Å². The second-order valence-electron chi connectivity index (χ2n) is 8.31. The van der Waals surface area contributed by atoms with Gasteiger partial charge in [0.05, 0.1) is 43.2 Å². The van der Waals surface area contributed by atoms with Gasteiger partial charge in [0, 0.05) is 30.7 Å². The highest BCUT2D eigenvalue weighted by Crippen LogP contribution is 2.32. The number of anilines is 1. The van der Waals surface area contributed by atoms with Crippen LogP contribution in [0.25, 0.3) is 0 Å². The SMILES string of the molecule is CCOc1cc(N)c(Cl)cc1C(=O)N[C@H]1C[C@H]2COC[C@@H](C1)N2Cc1ccc(OC)cc1. The highest BCUT2D eigenvalue weighted by atomic mass is 35.5. The molecule has 2 heterocycles. The minimum Gasteiger partial charge on any atom is -0.497 e. The summed E-state index contributed by atoms with van der Waals surface area (Å²) in [6.07, 6.45) is 1.65. The average molecular weight is 460 g/mol. The number of rotatable bonds is 7. The molecule has 2 aromatic rings. The normalized spacial score (nSPS) is 22.9. The highest BCUT2D eigenvalue weighted by Gasteiger charge is 2.39. The van der Waals surface area contributed by atoms with Gasteiger partial charge in [-0.05, 0) is 43.5 Å². The molecule has 2 aromatic carbocycles. The third kappa shape index (κ3) is 4.95. The van der Waals surface area contributed by atoms with Crippen LogP contribution in [-0.2, 0) is 11.3 Å². The van der Waals surface area contributed by atoms with E-state index >= 15 is 0 Å². The van der Waals surface area contributed by atoms with E-state index in [4.69, 9.17) is 31.5 Å². The fourth-order valence-corrected chi connectivity index (χ4v) is 4.76. The molecule has 2 aliphatic heterocycles. The number of nitrogens with one attached hydrogen (secondary N) is 1. The number of hydrogen-bond acceptors (Lipinski definition) is 6. The molecule has 2 fully saturated rings. The first-order valence-electron chi connectivity index (χ1n) is 11.0. The van der Waals surface area contributed by atoms with Gasteiger partial charge in [-0.3, -0.25) is 9.69 Å². The van der Waals surface area contributed by atoms with Crippen LogP contribution < -0.4 is 20.5 Å². The molecule has 2 aliphatic rings. The van der Waals surface area contributed by atoms with Crippen molar-refractivity contribution < 1.29 is 19.0 Å². The summed E-state index contributed by atoms with van der Waals surface area (Å²) in [5.41, 5.74) is 7.93. The number of amides is 1. The Bertz CT molecular complexity index is 939. The van der Waals surface area contributed by atoms with Gasteiger partial charge in [-0.15, -0.1) is 0 Å². The zero-order chi connectivity index (χ0) is 22.7. The lowest BCUT2D eigenvalue weighted by atomic mass is 9.89. The van der Waals surface area contributed by atoms with E-state index in [9.17, 15) is 4.79 Å². The van der Waals surface area contributed by atoms with Gasteiger partial charge >= 0.3 is 0 Å². The number of carbonyl (C=O) groups excluding carboxylic acids is 1. The molecular formula is C24H30ClN3O4. The van der Waals surface area contributed by atoms with E-state index in [0.29, 0.717) is 41.8 Å². The Morgan fingerprint density at radius 2 is 1.91 bits per heavy atom. The Morgan fingerprint density at radius 3 is 2.53 bits per heavy atom. The molecule has 2 saturated heterocycles. The summed E-state index contributed by atoms with van der Waals surface area (Å²) in [4.78, 5) is 15.6. The Hall–Kier alpha value is -2.48. The third-order valence-electron chi connectivity index (χ3n) is 6.17. The molecule has 0 aliphatic carbocycles. The molecule has 7 nitrogen and oxygen atoms in total. The molecule has 0 unspecified atom stereocenters. The lowest BCUT2D eigenvalue weighted by Crippen LogP contribution is -2.60. The number of piperidine rings is 1. The van der Waals surface area contributed by atoms with E-state index in [2.05, 4.69) is 22.3 Å². The molecule has 172 valence electrons. The van der Waals surface area contributed by atoms with Gasteiger partial charge in [0.25, 0.3) is 5.91 Å². The third-order valence-corrected chi connectivity index (χ3v) is 6.50. The van der Waals surface area contributed by atoms with E-state index in [0.717, 1.165) is 25.1 Å². The maximum Gasteiger partial charge on any atom is 0.255 e. The van der Waals surface area contributed by atoms with Crippen LogP contribution in [-0.4, -0.2) is 55.9 Å². The zero-order valence-corrected chi connectivity index (χ0v) is 19.2. The number of morpholine rings is 1. The molecule has 2 bridgehead atoms. The van der Waals surface area contributed by atoms with Crippen molar-refractivity contribution in [2.24, 2.45) is 0 Å². The van der Waals surface area contributed by atoms with Crippen LogP contribution in [0, 0.1) is 0 Å². The van der Waals surface area contributed by atoms with Crippen LogP contribution in [0.15, 0.2) is 36.4 Å². The predicted molar refractivity (Wildman–Crippen MR) is 124 cm³/mol. The van der Waals surface area contributed by atoms with Crippen LogP contribution in [0.5, 0.6) is 11.5 Å². The minimum absolute atomic E-state index is 0.0549. The van der Waals surface area contributed by atoms with Gasteiger partial charge < -0.3 is 25.3 Å². The molecule has 4 rings (SSSR count). The molecule has 3 N–H and O–H groups in total. The van der Waals surface area contributed by atoms with Crippen molar-refractivity contribution in [1.29, 1.82) is 0 Å². The number of nitrogen functional groups attached to an aromatic ring is 1. The van der Waals surface area contributed by atoms with Crippen LogP contribution in [0.3, 0.4) is 0 Å². The number of fused-ring (bicyclic) bond motifs is 2. The lowest BCUT2D eigenvalue weighted by molar-refractivity contribution is -0.0843. The van der Waals surface area contributed by atoms with Gasteiger partial charge in [0.15, 0.2) is 0 Å². The standard InChI is InChI=1S/C24H30ClN3O4/c1-3-32-23-11-22(26)21(25)10-20(23)24(29)27-16-8-17-13-31-14-18(9-16)28(17)12-15-4-6-19(30-2)7-5-15/h4-7,10-11,16-18H,3,8-9,12-14,26H2,1-2H3,(H,27,29)/t16-,17-,18+. The summed E-state index contributed by atoms with van der Waals surface area (Å²) < 4.78 is 16.7. The Morgan fingerprint density at radius 1 is 1.22 bits per heavy atom. The first-order chi connectivity index (χ1) is 15.5. The molecule has 0 radical (unpaired) electrons. The first-order valence-corrected chi connectivity index (χ1v) is 11.3. The summed E-state index contributed by atoms with van der Waals surface area (Å²) >= 11 is 6.17. The topological polar surface area (TPSA) is 86.0 Å². The van der Waals surface area contributed by atoms with Crippen molar-refractivity contribution in [3.05, 3.63) is 52.5 Å². The minimum atomic E-state index is -0.192. The number of carbonyl (C=O) groups is 1. The van der Waals surface area contributed by atoms with Crippen molar-refractivity contribution >= 4 is 23.2 Å². The van der Waals surface area contributed by atoms with Gasteiger partial charge in [0.2, 0.25) is 0 Å². The fraction of sp³-hybridized carbons (Fsp3) is 0.458. The van der Waals surface area contributed by atoms with Crippen molar-refractivity contribution in [3.63, 3.8) is 0 Å². The first kappa shape index (κ1) is 22.7. The molecule has 0 aromatic heterocycles. The van der Waals surface area contributed by atoms with Crippen LogP contribution >= 0.6 is 11.6 Å². The predicted octanol–water partition coefficient (Wildman–Crippen LogP) is 3.49. The largest absolute Gasteiger partial charge is 0.497 e. The van der Waals surface area contributed by atoms with Gasteiger partial charge in [-0.25, -0.2) is 0 Å². The number of nitrogens with two attached hydrogens (primary N) is 1. The lowest BCUT2D eigenvalue weighted by Gasteiger charge is -2.48. The van der Waals surface area contributed by atoms with E-state index in [1.165, 1.54) is 5.56 Å². The number of nitrogens with zero attached hydrogens (tertiary/aromatic N) is 1. The molecule has 1 amide bonds. The van der Waals surface area contributed by atoms with Crippen LogP contribution in [0.4, 0.5) is 5.69 Å². The maximum absolute atomic E-state index is 13.1. The van der Waals surface area contributed by atoms with E-state index < -0.39 is 0 Å². The molecule has 3 atom stereocenters. The average Bonchev–Trinajstić information content (AvgIpc) is 2.77. The number of hydrogen-bond donors (Lipinski definition) is 2. The Balaban J connectivity index is 1.44. The smallest absolute Gasteiger partial charge is 0.255 e. The quantitative estimate of drug-likeness (QED) is 0.616. The number of benzene rings is 2. The van der Waals surface area contributed by atoms with E-state index in [1.54, 1.807) is 19.2 Å². The molecular weight excluding hydrogens is 430 g/mol. The van der Waals surface area contributed by atoms with Crippen molar-refractivity contribution in [2.75, 3.05) is 32.7 Å². The molecule has 0 saturated carbocycles. The summed E-state index contributed by atoms with van der Waals surface area (Å²) in [5.74, 6) is 1.11. The Labute approximate surface area is 193 Å². The summed E-state index contributed by atoms with van der Waals surface area (Å²) in [5, 5.41) is 3.54. The monoisotopic (exact) mass is 459 g/mol. The number of halogens is 1. The van der Waals surface area contributed by atoms with Crippen molar-refractivity contribution in [1.82, 2.24) is 10.2 Å². The second-order valence-corrected chi connectivity index (χ2v) is 8.72. The van der Waals surface area contributed by atoms with Crippen LogP contribution in [0.1, 0.15) is 35.7 Å².